The van der Waals surface area contributed by atoms with E-state index in [0.717, 1.165) is 0 Å². The van der Waals surface area contributed by atoms with E-state index in [2.05, 4.69) is 9.05 Å². The fourth-order valence-corrected chi connectivity index (χ4v) is 0.702. The van der Waals surface area contributed by atoms with Crippen LogP contribution in [-0.2, 0) is 13.6 Å². The quantitative estimate of drug-likeness (QED) is 0.594. The molecule has 10 heteroatoms. The fraction of sp³-hybridized carbons (Fsp3) is 1.00. The van der Waals surface area contributed by atoms with E-state index in [9.17, 15) is 26.5 Å². The van der Waals surface area contributed by atoms with Crippen molar-refractivity contribution in [2.75, 3.05) is 7.11 Å². The number of phosphoric ester groups is 1. The third-order valence-electron chi connectivity index (χ3n) is 0.791. The molecular formula is C3H4F5O4P. The maximum atomic E-state index is 11.9. The van der Waals surface area contributed by atoms with Gasteiger partial charge in [0.2, 0.25) is 0 Å². The summed E-state index contributed by atoms with van der Waals surface area (Å²) in [6.45, 7) is 0. The minimum absolute atomic E-state index is 0.452. The predicted octanol–water partition coefficient (Wildman–Crippen LogP) is 1.90. The highest BCUT2D eigenvalue weighted by Gasteiger charge is 2.62. The topological polar surface area (TPSA) is 55.8 Å². The van der Waals surface area contributed by atoms with Gasteiger partial charge in [0, 0.05) is 7.11 Å². The molecule has 1 N–H and O–H groups in total. The molecule has 1 unspecified atom stereocenters. The standard InChI is InChI=1S/C3H4F5O4P/c1-11-13(9,10)12-3(7,8)2(4,5)6/h1H3,(H,9,10). The molecule has 0 aromatic heterocycles. The van der Waals surface area contributed by atoms with Crippen molar-refractivity contribution in [1.29, 1.82) is 0 Å². The van der Waals surface area contributed by atoms with Crippen molar-refractivity contribution in [3.05, 3.63) is 0 Å². The lowest BCUT2D eigenvalue weighted by molar-refractivity contribution is -0.365. The lowest BCUT2D eigenvalue weighted by Gasteiger charge is -2.20. The van der Waals surface area contributed by atoms with Crippen molar-refractivity contribution >= 4 is 7.82 Å². The van der Waals surface area contributed by atoms with Crippen LogP contribution in [0.25, 0.3) is 0 Å². The van der Waals surface area contributed by atoms with Gasteiger partial charge in [-0.1, -0.05) is 0 Å². The molecule has 0 saturated heterocycles. The number of hydrogen-bond donors (Lipinski definition) is 1. The first-order valence-corrected chi connectivity index (χ1v) is 4.05. The Labute approximate surface area is 68.9 Å². The van der Waals surface area contributed by atoms with Crippen LogP contribution in [-0.4, -0.2) is 24.3 Å². The third-order valence-corrected chi connectivity index (χ3v) is 1.71. The fourth-order valence-electron chi connectivity index (χ4n) is 0.234. The van der Waals surface area contributed by atoms with Crippen LogP contribution in [0.4, 0.5) is 22.0 Å². The summed E-state index contributed by atoms with van der Waals surface area (Å²) in [6, 6.07) is 0. The maximum absolute atomic E-state index is 11.9. The van der Waals surface area contributed by atoms with Crippen molar-refractivity contribution in [3.8, 4) is 0 Å². The SMILES string of the molecule is COP(=O)(O)OC(F)(F)C(F)(F)F. The van der Waals surface area contributed by atoms with E-state index in [4.69, 9.17) is 4.89 Å². The maximum Gasteiger partial charge on any atom is 0.483 e. The summed E-state index contributed by atoms with van der Waals surface area (Å²) in [7, 11) is -4.91. The monoisotopic (exact) mass is 230 g/mol. The molecule has 80 valence electrons. The second-order valence-corrected chi connectivity index (χ2v) is 3.24. The van der Waals surface area contributed by atoms with Crippen LogP contribution in [0.3, 0.4) is 0 Å². The van der Waals surface area contributed by atoms with Crippen molar-refractivity contribution < 1.29 is 40.5 Å². The smallest absolute Gasteiger partial charge is 0.302 e. The number of halogens is 5. The zero-order valence-corrected chi connectivity index (χ0v) is 6.90. The molecule has 0 radical (unpaired) electrons. The van der Waals surface area contributed by atoms with Gasteiger partial charge in [-0.15, -0.1) is 0 Å². The van der Waals surface area contributed by atoms with Crippen LogP contribution in [0.2, 0.25) is 0 Å². The lowest BCUT2D eigenvalue weighted by atomic mass is 10.6. The number of rotatable bonds is 3. The van der Waals surface area contributed by atoms with Crippen LogP contribution >= 0.6 is 7.82 Å². The Hall–Kier alpha value is -0.240. The number of alkyl halides is 5. The molecule has 0 fully saturated rings. The summed E-state index contributed by atoms with van der Waals surface area (Å²) in [5.41, 5.74) is 0. The summed E-state index contributed by atoms with van der Waals surface area (Å²) in [6.07, 6.45) is -11.8. The van der Waals surface area contributed by atoms with Gasteiger partial charge < -0.3 is 4.89 Å². The average Bonchev–Trinajstić information content (AvgIpc) is 1.83. The van der Waals surface area contributed by atoms with E-state index in [0.29, 0.717) is 7.11 Å². The molecule has 13 heavy (non-hydrogen) atoms. The summed E-state index contributed by atoms with van der Waals surface area (Å²) in [4.78, 5) is 8.15. The highest BCUT2D eigenvalue weighted by molar-refractivity contribution is 7.47. The van der Waals surface area contributed by atoms with Crippen molar-refractivity contribution in [2.45, 2.75) is 12.3 Å². The molecule has 0 aromatic rings. The minimum Gasteiger partial charge on any atom is -0.302 e. The van der Waals surface area contributed by atoms with Crippen LogP contribution in [0.5, 0.6) is 0 Å². The van der Waals surface area contributed by atoms with Crippen molar-refractivity contribution in [1.82, 2.24) is 0 Å². The Balaban J connectivity index is 4.62. The Morgan fingerprint density at radius 3 is 1.85 bits per heavy atom. The zero-order chi connectivity index (χ0) is 10.9. The molecule has 0 rings (SSSR count). The molecule has 0 bridgehead atoms. The molecule has 0 saturated carbocycles. The molecule has 1 atom stereocenters. The van der Waals surface area contributed by atoms with Crippen LogP contribution in [0, 0.1) is 0 Å². The van der Waals surface area contributed by atoms with Crippen molar-refractivity contribution in [3.63, 3.8) is 0 Å². The Bertz CT molecular complexity index is 224. The Morgan fingerprint density at radius 1 is 1.23 bits per heavy atom. The Morgan fingerprint density at radius 2 is 1.62 bits per heavy atom. The van der Waals surface area contributed by atoms with Crippen LogP contribution < -0.4 is 0 Å². The highest BCUT2D eigenvalue weighted by Crippen LogP contribution is 2.51. The van der Waals surface area contributed by atoms with E-state index in [1.165, 1.54) is 0 Å². The average molecular weight is 230 g/mol. The van der Waals surface area contributed by atoms with Crippen molar-refractivity contribution in [2.24, 2.45) is 0 Å². The van der Waals surface area contributed by atoms with Gasteiger partial charge in [0.25, 0.3) is 0 Å². The molecular weight excluding hydrogens is 226 g/mol. The first kappa shape index (κ1) is 12.8. The molecule has 0 aromatic carbocycles. The molecule has 0 heterocycles. The molecule has 0 aliphatic carbocycles. The van der Waals surface area contributed by atoms with Gasteiger partial charge in [-0.05, 0) is 0 Å². The van der Waals surface area contributed by atoms with E-state index >= 15 is 0 Å². The summed E-state index contributed by atoms with van der Waals surface area (Å²) < 4.78 is 73.8. The molecule has 4 nitrogen and oxygen atoms in total. The van der Waals surface area contributed by atoms with E-state index in [1.54, 1.807) is 0 Å². The van der Waals surface area contributed by atoms with Gasteiger partial charge in [-0.3, -0.25) is 4.52 Å². The summed E-state index contributed by atoms with van der Waals surface area (Å²) in [5.74, 6) is 0. The molecule has 0 aliphatic rings. The predicted molar refractivity (Wildman–Crippen MR) is 28.9 cm³/mol. The Kier molecular flexibility index (Phi) is 3.42. The van der Waals surface area contributed by atoms with Gasteiger partial charge in [0.05, 0.1) is 0 Å². The van der Waals surface area contributed by atoms with Gasteiger partial charge >= 0.3 is 20.1 Å². The number of phosphoric acid groups is 1. The molecule has 0 amide bonds. The van der Waals surface area contributed by atoms with Gasteiger partial charge in [0.1, 0.15) is 0 Å². The highest BCUT2D eigenvalue weighted by atomic mass is 31.2. The van der Waals surface area contributed by atoms with Gasteiger partial charge in [0.15, 0.2) is 0 Å². The summed E-state index contributed by atoms with van der Waals surface area (Å²) >= 11 is 0. The second kappa shape index (κ2) is 3.49. The van der Waals surface area contributed by atoms with E-state index in [-0.39, 0.29) is 0 Å². The first-order valence-electron chi connectivity index (χ1n) is 2.56. The third kappa shape index (κ3) is 3.55. The minimum atomic E-state index is -6.07. The lowest BCUT2D eigenvalue weighted by Crippen LogP contribution is -2.38. The molecule has 0 aliphatic heterocycles. The first-order chi connectivity index (χ1) is 5.52. The zero-order valence-electron chi connectivity index (χ0n) is 6.01. The van der Waals surface area contributed by atoms with E-state index in [1.807, 2.05) is 0 Å². The van der Waals surface area contributed by atoms with Gasteiger partial charge in [-0.25, -0.2) is 9.09 Å². The van der Waals surface area contributed by atoms with Crippen LogP contribution in [0.1, 0.15) is 0 Å². The van der Waals surface area contributed by atoms with E-state index < -0.39 is 20.1 Å². The molecule has 0 spiro atoms. The second-order valence-electron chi connectivity index (χ2n) is 1.76. The normalized spacial score (nSPS) is 18.4. The summed E-state index contributed by atoms with van der Waals surface area (Å²) in [5, 5.41) is 0. The largest absolute Gasteiger partial charge is 0.483 e. The van der Waals surface area contributed by atoms with Crippen LogP contribution in [0.15, 0.2) is 0 Å². The number of hydrogen-bond acceptors (Lipinski definition) is 3. The van der Waals surface area contributed by atoms with Gasteiger partial charge in [-0.2, -0.15) is 22.0 Å².